The molecule has 0 fully saturated rings. The van der Waals surface area contributed by atoms with Gasteiger partial charge in [0, 0.05) is 24.0 Å². The minimum atomic E-state index is -3.89. The molecule has 0 aliphatic rings. The van der Waals surface area contributed by atoms with Gasteiger partial charge in [0.05, 0.1) is 17.5 Å². The molecule has 1 aromatic heterocycles. The maximum absolute atomic E-state index is 13.6. The zero-order valence-electron chi connectivity index (χ0n) is 18.8. The SMILES string of the molecule is COc1ccc(S(=O)(=O)N(Cc2ccccc2)Cc2cc3c(C)ccc(C)c3[nH]c2=O)cc1. The lowest BCUT2D eigenvalue weighted by molar-refractivity contribution is 0.399. The van der Waals surface area contributed by atoms with E-state index in [0.717, 1.165) is 27.6 Å². The van der Waals surface area contributed by atoms with Crippen molar-refractivity contribution in [2.24, 2.45) is 0 Å². The van der Waals surface area contributed by atoms with Crippen molar-refractivity contribution in [3.8, 4) is 5.75 Å². The molecule has 3 aromatic carbocycles. The summed E-state index contributed by atoms with van der Waals surface area (Å²) in [4.78, 5) is 16.0. The average molecular weight is 463 g/mol. The Bertz CT molecular complexity index is 1440. The molecule has 0 bridgehead atoms. The number of aromatic amines is 1. The van der Waals surface area contributed by atoms with E-state index in [9.17, 15) is 13.2 Å². The lowest BCUT2D eigenvalue weighted by Crippen LogP contribution is -2.32. The van der Waals surface area contributed by atoms with Crippen LogP contribution in [0.25, 0.3) is 10.9 Å². The molecule has 4 aromatic rings. The van der Waals surface area contributed by atoms with Crippen molar-refractivity contribution in [3.63, 3.8) is 0 Å². The van der Waals surface area contributed by atoms with Gasteiger partial charge in [0.1, 0.15) is 5.75 Å². The number of nitrogens with zero attached hydrogens (tertiary/aromatic N) is 1. The topological polar surface area (TPSA) is 79.5 Å². The summed E-state index contributed by atoms with van der Waals surface area (Å²) in [6.45, 7) is 3.99. The second-order valence-corrected chi connectivity index (χ2v) is 9.98. The summed E-state index contributed by atoms with van der Waals surface area (Å²) in [5.74, 6) is 0.570. The summed E-state index contributed by atoms with van der Waals surface area (Å²) < 4.78 is 33.7. The highest BCUT2D eigenvalue weighted by Crippen LogP contribution is 2.25. The van der Waals surface area contributed by atoms with Crippen LogP contribution in [0.4, 0.5) is 0 Å². The quantitative estimate of drug-likeness (QED) is 0.437. The van der Waals surface area contributed by atoms with Gasteiger partial charge in [-0.25, -0.2) is 8.42 Å². The Labute approximate surface area is 193 Å². The molecular weight excluding hydrogens is 436 g/mol. The number of rotatable bonds is 7. The molecule has 33 heavy (non-hydrogen) atoms. The molecule has 0 saturated carbocycles. The number of hydrogen-bond donors (Lipinski definition) is 1. The van der Waals surface area contributed by atoms with Crippen LogP contribution in [-0.4, -0.2) is 24.8 Å². The number of sulfonamides is 1. The molecule has 7 heteroatoms. The zero-order chi connectivity index (χ0) is 23.6. The number of ether oxygens (including phenoxy) is 1. The summed E-state index contributed by atoms with van der Waals surface area (Å²) in [6.07, 6.45) is 0. The first-order chi connectivity index (χ1) is 15.8. The molecule has 1 heterocycles. The number of hydrogen-bond acceptors (Lipinski definition) is 4. The van der Waals surface area contributed by atoms with Crippen LogP contribution >= 0.6 is 0 Å². The van der Waals surface area contributed by atoms with Crippen LogP contribution in [0.2, 0.25) is 0 Å². The maximum Gasteiger partial charge on any atom is 0.252 e. The third kappa shape index (κ3) is 4.69. The van der Waals surface area contributed by atoms with E-state index in [1.54, 1.807) is 18.2 Å². The minimum Gasteiger partial charge on any atom is -0.497 e. The summed E-state index contributed by atoms with van der Waals surface area (Å²) in [5.41, 5.74) is 3.69. The van der Waals surface area contributed by atoms with Gasteiger partial charge in [-0.3, -0.25) is 4.79 Å². The van der Waals surface area contributed by atoms with Crippen LogP contribution in [0.3, 0.4) is 0 Å². The monoisotopic (exact) mass is 462 g/mol. The van der Waals surface area contributed by atoms with Crippen LogP contribution in [-0.2, 0) is 23.1 Å². The molecule has 6 nitrogen and oxygen atoms in total. The van der Waals surface area contributed by atoms with Crippen LogP contribution in [0.5, 0.6) is 5.75 Å². The van der Waals surface area contributed by atoms with Crippen molar-refractivity contribution in [3.05, 3.63) is 105 Å². The molecule has 0 aliphatic carbocycles. The molecule has 1 N–H and O–H groups in total. The van der Waals surface area contributed by atoms with Gasteiger partial charge in [-0.15, -0.1) is 0 Å². The normalized spacial score (nSPS) is 11.8. The van der Waals surface area contributed by atoms with Crippen molar-refractivity contribution in [2.45, 2.75) is 31.8 Å². The van der Waals surface area contributed by atoms with Gasteiger partial charge < -0.3 is 9.72 Å². The predicted molar refractivity (Wildman–Crippen MR) is 130 cm³/mol. The first-order valence-corrected chi connectivity index (χ1v) is 12.0. The number of fused-ring (bicyclic) bond motifs is 1. The van der Waals surface area contributed by atoms with Crippen LogP contribution in [0.15, 0.2) is 82.5 Å². The van der Waals surface area contributed by atoms with Gasteiger partial charge >= 0.3 is 0 Å². The van der Waals surface area contributed by atoms with Crippen molar-refractivity contribution < 1.29 is 13.2 Å². The summed E-state index contributed by atoms with van der Waals surface area (Å²) >= 11 is 0. The first kappa shape index (κ1) is 22.8. The number of methoxy groups -OCH3 is 1. The van der Waals surface area contributed by atoms with Crippen molar-refractivity contribution in [1.29, 1.82) is 0 Å². The molecule has 170 valence electrons. The fraction of sp³-hybridized carbons (Fsp3) is 0.192. The highest BCUT2D eigenvalue weighted by Gasteiger charge is 2.26. The van der Waals surface area contributed by atoms with Crippen molar-refractivity contribution >= 4 is 20.9 Å². The Morgan fingerprint density at radius 2 is 1.55 bits per heavy atom. The third-order valence-corrected chi connectivity index (χ3v) is 7.57. The number of aromatic nitrogens is 1. The van der Waals surface area contributed by atoms with Gasteiger partial charge in [0.2, 0.25) is 10.0 Å². The van der Waals surface area contributed by atoms with Gasteiger partial charge in [0.15, 0.2) is 0 Å². The lowest BCUT2D eigenvalue weighted by Gasteiger charge is -2.23. The minimum absolute atomic E-state index is 0.0537. The summed E-state index contributed by atoms with van der Waals surface area (Å²) in [7, 11) is -2.36. The van der Waals surface area contributed by atoms with Gasteiger partial charge in [-0.1, -0.05) is 42.5 Å². The molecule has 0 spiro atoms. The standard InChI is InChI=1S/C26H26N2O4S/c1-18-9-10-19(2)25-24(18)15-21(26(29)27-25)17-28(16-20-7-5-4-6-8-20)33(30,31)23-13-11-22(32-3)12-14-23/h4-15H,16-17H2,1-3H3,(H,27,29). The van der Waals surface area contributed by atoms with Gasteiger partial charge in [-0.2, -0.15) is 4.31 Å². The Kier molecular flexibility index (Phi) is 6.35. The highest BCUT2D eigenvalue weighted by atomic mass is 32.2. The lowest BCUT2D eigenvalue weighted by atomic mass is 10.0. The molecule has 0 aliphatic heterocycles. The Hall–Kier alpha value is -3.42. The average Bonchev–Trinajstić information content (AvgIpc) is 2.82. The van der Waals surface area contributed by atoms with Crippen LogP contribution in [0.1, 0.15) is 22.3 Å². The molecule has 4 rings (SSSR count). The Morgan fingerprint density at radius 3 is 2.21 bits per heavy atom. The number of pyridine rings is 1. The van der Waals surface area contributed by atoms with E-state index in [2.05, 4.69) is 4.98 Å². The molecule has 0 radical (unpaired) electrons. The maximum atomic E-state index is 13.6. The number of benzene rings is 3. The van der Waals surface area contributed by atoms with E-state index in [0.29, 0.717) is 11.3 Å². The van der Waals surface area contributed by atoms with Crippen molar-refractivity contribution in [2.75, 3.05) is 7.11 Å². The second kappa shape index (κ2) is 9.21. The van der Waals surface area contributed by atoms with Gasteiger partial charge in [0.25, 0.3) is 5.56 Å². The van der Waals surface area contributed by atoms with Gasteiger partial charge in [-0.05, 0) is 60.9 Å². The predicted octanol–water partition coefficient (Wildman–Crippen LogP) is 4.54. The number of aryl methyl sites for hydroxylation is 2. The molecular formula is C26H26N2O4S. The highest BCUT2D eigenvalue weighted by molar-refractivity contribution is 7.89. The van der Waals surface area contributed by atoms with Crippen molar-refractivity contribution in [1.82, 2.24) is 9.29 Å². The number of nitrogens with one attached hydrogen (secondary N) is 1. The zero-order valence-corrected chi connectivity index (χ0v) is 19.6. The fourth-order valence-electron chi connectivity index (χ4n) is 3.84. The van der Waals surface area contributed by atoms with E-state index in [4.69, 9.17) is 4.74 Å². The Balaban J connectivity index is 1.79. The smallest absolute Gasteiger partial charge is 0.252 e. The van der Waals surface area contributed by atoms with Crippen LogP contribution in [0, 0.1) is 13.8 Å². The largest absolute Gasteiger partial charge is 0.497 e. The third-order valence-electron chi connectivity index (χ3n) is 5.77. The molecule has 0 atom stereocenters. The summed E-state index contributed by atoms with van der Waals surface area (Å²) in [6, 6.07) is 21.4. The van der Waals surface area contributed by atoms with E-state index >= 15 is 0 Å². The molecule has 0 saturated heterocycles. The van der Waals surface area contributed by atoms with Crippen LogP contribution < -0.4 is 10.3 Å². The van der Waals surface area contributed by atoms with E-state index < -0.39 is 10.0 Å². The Morgan fingerprint density at radius 1 is 0.879 bits per heavy atom. The molecule has 0 unspecified atom stereocenters. The summed E-state index contributed by atoms with van der Waals surface area (Å²) in [5, 5.41) is 0.908. The van der Waals surface area contributed by atoms with E-state index in [1.807, 2.05) is 56.3 Å². The van der Waals surface area contributed by atoms with E-state index in [1.165, 1.54) is 23.5 Å². The second-order valence-electron chi connectivity index (χ2n) is 8.05. The molecule has 0 amide bonds. The van der Waals surface area contributed by atoms with E-state index in [-0.39, 0.29) is 23.5 Å². The number of H-pyrrole nitrogens is 1. The first-order valence-electron chi connectivity index (χ1n) is 10.6. The fourth-order valence-corrected chi connectivity index (χ4v) is 5.24.